The van der Waals surface area contributed by atoms with Gasteiger partial charge in [0.05, 0.1) is 0 Å². The van der Waals surface area contributed by atoms with E-state index in [0.717, 1.165) is 63.8 Å². The first kappa shape index (κ1) is 33.3. The van der Waals surface area contributed by atoms with E-state index in [1.165, 1.54) is 25.7 Å². The number of rotatable bonds is 20. The van der Waals surface area contributed by atoms with E-state index in [9.17, 15) is 0 Å². The largest absolute Gasteiger partial charge is 0.500 e. The lowest BCUT2D eigenvalue weighted by molar-refractivity contribution is 0.0688. The lowest BCUT2D eigenvalue weighted by Gasteiger charge is -2.44. The van der Waals surface area contributed by atoms with Gasteiger partial charge in [0.2, 0.25) is 0 Å². The predicted molar refractivity (Wildman–Crippen MR) is 155 cm³/mol. The summed E-state index contributed by atoms with van der Waals surface area (Å²) in [5.74, 6) is 0.609. The van der Waals surface area contributed by atoms with Gasteiger partial charge in [-0.2, -0.15) is 0 Å². The molecule has 1 heterocycles. The fraction of sp³-hybridized carbons (Fsp3) is 1.00. The summed E-state index contributed by atoms with van der Waals surface area (Å²) in [5, 5.41) is 0. The van der Waals surface area contributed by atoms with E-state index in [0.29, 0.717) is 45.0 Å². The molecule has 0 radical (unpaired) electrons. The second-order valence-electron chi connectivity index (χ2n) is 10.8. The van der Waals surface area contributed by atoms with Crippen LogP contribution in [0.3, 0.4) is 0 Å². The Hall–Kier alpha value is 0.114. The van der Waals surface area contributed by atoms with E-state index in [4.69, 9.17) is 33.6 Å². The summed E-state index contributed by atoms with van der Waals surface area (Å²) < 4.78 is 34.1. The Morgan fingerprint density at radius 2 is 1.57 bits per heavy atom. The molecular weight excluding hydrogens is 502 g/mol. The second-order valence-corrected chi connectivity index (χ2v) is 16.7. The standard InChI is InChI=1S/C27H59N3O5Si2/c1-6-31-36(32-7-2)20-13-19-30(36)26(15-12-21-37(33-8-3,34-9-4)35-10-5)16-18-27(24-29)17-11-14-25(22-27)23-28/h25-26H,6-24,28-29H2,1-5H3. The van der Waals surface area contributed by atoms with Crippen molar-refractivity contribution in [2.45, 2.75) is 111 Å². The third kappa shape index (κ3) is 9.33. The van der Waals surface area contributed by atoms with E-state index in [-0.39, 0.29) is 5.41 Å². The van der Waals surface area contributed by atoms with Crippen LogP contribution in [0.5, 0.6) is 0 Å². The maximum absolute atomic E-state index is 6.50. The molecule has 0 bridgehead atoms. The Morgan fingerprint density at radius 1 is 0.919 bits per heavy atom. The molecule has 0 amide bonds. The molecule has 0 aromatic carbocycles. The molecule has 1 aliphatic heterocycles. The zero-order chi connectivity index (χ0) is 27.2. The number of hydrogen-bond donors (Lipinski definition) is 2. The van der Waals surface area contributed by atoms with Crippen molar-refractivity contribution in [3.63, 3.8) is 0 Å². The van der Waals surface area contributed by atoms with Crippen LogP contribution < -0.4 is 11.5 Å². The normalized spacial score (nSPS) is 25.5. The molecule has 10 heteroatoms. The van der Waals surface area contributed by atoms with E-state index in [1.54, 1.807) is 0 Å². The molecule has 1 saturated heterocycles. The van der Waals surface area contributed by atoms with Crippen LogP contribution in [-0.4, -0.2) is 80.8 Å². The SMILES string of the molecule is CCO[Si](CCCC(CCC1(CN)CCCC(CN)C1)N1CCC[Si]1(OCC)OCC)(OCC)OCC. The van der Waals surface area contributed by atoms with Gasteiger partial charge in [-0.1, -0.05) is 6.42 Å². The predicted octanol–water partition coefficient (Wildman–Crippen LogP) is 4.78. The number of nitrogens with zero attached hydrogens (tertiary/aromatic N) is 1. The molecule has 37 heavy (non-hydrogen) atoms. The Balaban J connectivity index is 2.22. The molecule has 0 aromatic rings. The van der Waals surface area contributed by atoms with Crippen molar-refractivity contribution in [1.29, 1.82) is 0 Å². The summed E-state index contributed by atoms with van der Waals surface area (Å²) in [6.07, 6.45) is 10.4. The summed E-state index contributed by atoms with van der Waals surface area (Å²) in [6.45, 7) is 16.1. The van der Waals surface area contributed by atoms with Gasteiger partial charge in [-0.25, -0.2) is 0 Å². The molecule has 1 aliphatic carbocycles. The van der Waals surface area contributed by atoms with Gasteiger partial charge in [0.25, 0.3) is 0 Å². The van der Waals surface area contributed by atoms with Crippen LogP contribution in [0, 0.1) is 11.3 Å². The summed E-state index contributed by atoms with van der Waals surface area (Å²) in [7, 11) is -5.07. The molecule has 2 aliphatic rings. The van der Waals surface area contributed by atoms with Crippen molar-refractivity contribution < 1.29 is 22.1 Å². The molecule has 3 atom stereocenters. The van der Waals surface area contributed by atoms with E-state index < -0.39 is 17.5 Å². The Labute approximate surface area is 230 Å². The van der Waals surface area contributed by atoms with Crippen LogP contribution in [0.2, 0.25) is 12.1 Å². The fourth-order valence-corrected chi connectivity index (χ4v) is 13.3. The van der Waals surface area contributed by atoms with Crippen LogP contribution in [0.25, 0.3) is 0 Å². The average molecular weight is 562 g/mol. The van der Waals surface area contributed by atoms with Crippen LogP contribution in [0.4, 0.5) is 0 Å². The Bertz CT molecular complexity index is 598. The maximum atomic E-state index is 6.50. The van der Waals surface area contributed by atoms with Gasteiger partial charge in [-0.05, 0) is 117 Å². The van der Waals surface area contributed by atoms with Crippen molar-refractivity contribution in [3.05, 3.63) is 0 Å². The highest BCUT2D eigenvalue weighted by Gasteiger charge is 2.51. The molecule has 3 unspecified atom stereocenters. The van der Waals surface area contributed by atoms with Crippen molar-refractivity contribution in [2.24, 2.45) is 22.8 Å². The summed E-state index contributed by atoms with van der Waals surface area (Å²) in [5.41, 5.74) is 12.8. The first-order chi connectivity index (χ1) is 17.9. The minimum atomic E-state index is -2.66. The van der Waals surface area contributed by atoms with Crippen molar-refractivity contribution >= 4 is 17.5 Å². The monoisotopic (exact) mass is 561 g/mol. The van der Waals surface area contributed by atoms with Crippen LogP contribution in [0.1, 0.15) is 92.4 Å². The molecule has 0 spiro atoms. The highest BCUT2D eigenvalue weighted by molar-refractivity contribution is 6.65. The van der Waals surface area contributed by atoms with Gasteiger partial charge in [0.15, 0.2) is 0 Å². The Morgan fingerprint density at radius 3 is 2.11 bits per heavy atom. The van der Waals surface area contributed by atoms with Crippen LogP contribution in [0.15, 0.2) is 0 Å². The van der Waals surface area contributed by atoms with Gasteiger partial charge in [0, 0.05) is 51.2 Å². The maximum Gasteiger partial charge on any atom is 0.500 e. The molecule has 1 saturated carbocycles. The van der Waals surface area contributed by atoms with Gasteiger partial charge in [-0.15, -0.1) is 0 Å². The topological polar surface area (TPSA) is 101 Å². The number of hydrogen-bond acceptors (Lipinski definition) is 8. The highest BCUT2D eigenvalue weighted by Crippen LogP contribution is 2.44. The number of nitrogens with two attached hydrogens (primary N) is 2. The molecule has 220 valence electrons. The summed E-state index contributed by atoms with van der Waals surface area (Å²) in [6, 6.07) is 2.31. The van der Waals surface area contributed by atoms with Gasteiger partial charge >= 0.3 is 17.5 Å². The van der Waals surface area contributed by atoms with Crippen molar-refractivity contribution in [1.82, 2.24) is 4.57 Å². The average Bonchev–Trinajstić information content (AvgIpc) is 3.30. The molecule has 2 rings (SSSR count). The van der Waals surface area contributed by atoms with Crippen molar-refractivity contribution in [2.75, 3.05) is 52.7 Å². The van der Waals surface area contributed by atoms with E-state index in [2.05, 4.69) is 18.4 Å². The minimum Gasteiger partial charge on any atom is -0.383 e. The molecular formula is C27H59N3O5Si2. The third-order valence-corrected chi connectivity index (χ3v) is 15.5. The summed E-state index contributed by atoms with van der Waals surface area (Å²) in [4.78, 5) is 0. The van der Waals surface area contributed by atoms with E-state index in [1.807, 2.05) is 20.8 Å². The van der Waals surface area contributed by atoms with Crippen LogP contribution in [-0.2, 0) is 22.1 Å². The quantitative estimate of drug-likeness (QED) is 0.205. The molecule has 0 aromatic heterocycles. The van der Waals surface area contributed by atoms with Crippen molar-refractivity contribution in [3.8, 4) is 0 Å². The first-order valence-corrected chi connectivity index (χ1v) is 19.2. The summed E-state index contributed by atoms with van der Waals surface area (Å²) >= 11 is 0. The smallest absolute Gasteiger partial charge is 0.383 e. The zero-order valence-electron chi connectivity index (χ0n) is 24.7. The lowest BCUT2D eigenvalue weighted by Crippen LogP contribution is -2.58. The molecule has 8 nitrogen and oxygen atoms in total. The highest BCUT2D eigenvalue weighted by atomic mass is 28.4. The van der Waals surface area contributed by atoms with Crippen LogP contribution >= 0.6 is 0 Å². The Kier molecular flexibility index (Phi) is 15.3. The third-order valence-electron chi connectivity index (χ3n) is 8.44. The van der Waals surface area contributed by atoms with Gasteiger partial charge in [-0.3, -0.25) is 4.57 Å². The van der Waals surface area contributed by atoms with E-state index >= 15 is 0 Å². The van der Waals surface area contributed by atoms with Gasteiger partial charge < -0.3 is 33.6 Å². The minimum absolute atomic E-state index is 0.210. The molecule has 4 N–H and O–H groups in total. The zero-order valence-corrected chi connectivity index (χ0v) is 26.7. The fourth-order valence-electron chi connectivity index (χ4n) is 6.83. The first-order valence-electron chi connectivity index (χ1n) is 15.3. The second kappa shape index (κ2) is 17.0. The lowest BCUT2D eigenvalue weighted by atomic mass is 9.67. The van der Waals surface area contributed by atoms with Gasteiger partial charge in [0.1, 0.15) is 0 Å². The molecule has 2 fully saturated rings.